The molecule has 2 nitrogen and oxygen atoms in total. The summed E-state index contributed by atoms with van der Waals surface area (Å²) in [6.07, 6.45) is 0. The molecule has 3 heterocycles. The first-order chi connectivity index (χ1) is 23.3. The molecule has 3 heteroatoms. The van der Waals surface area contributed by atoms with E-state index in [1.165, 1.54) is 58.4 Å². The van der Waals surface area contributed by atoms with Gasteiger partial charge in [0.15, 0.2) is 0 Å². The summed E-state index contributed by atoms with van der Waals surface area (Å²) in [5, 5.41) is 11.9. The van der Waals surface area contributed by atoms with Crippen molar-refractivity contribution >= 4 is 96.9 Å². The molecular formula is C44H24O2S. The molecule has 0 aliphatic heterocycles. The molecule has 0 radical (unpaired) electrons. The summed E-state index contributed by atoms with van der Waals surface area (Å²) in [6.45, 7) is 0. The highest BCUT2D eigenvalue weighted by Gasteiger charge is 2.22. The Labute approximate surface area is 272 Å². The molecular weight excluding hydrogens is 593 g/mol. The van der Waals surface area contributed by atoms with Gasteiger partial charge < -0.3 is 8.83 Å². The average molecular weight is 617 g/mol. The molecule has 218 valence electrons. The lowest BCUT2D eigenvalue weighted by Crippen LogP contribution is -1.91. The zero-order valence-electron chi connectivity index (χ0n) is 25.1. The van der Waals surface area contributed by atoms with Crippen LogP contribution in [0.15, 0.2) is 154 Å². The summed E-state index contributed by atoms with van der Waals surface area (Å²) in [6, 6.07) is 52.3. The molecule has 11 aromatic rings. The normalized spacial score (nSPS) is 12.3. The molecule has 0 atom stereocenters. The van der Waals surface area contributed by atoms with E-state index in [-0.39, 0.29) is 0 Å². The van der Waals surface area contributed by atoms with Crippen molar-refractivity contribution in [1.82, 2.24) is 0 Å². The Morgan fingerprint density at radius 1 is 0.362 bits per heavy atom. The molecule has 0 bridgehead atoms. The third-order valence-electron chi connectivity index (χ3n) is 9.87. The molecule has 0 spiro atoms. The number of rotatable bonds is 2. The van der Waals surface area contributed by atoms with Gasteiger partial charge in [0.2, 0.25) is 0 Å². The summed E-state index contributed by atoms with van der Waals surface area (Å²) in [7, 11) is 0. The first-order valence-corrected chi connectivity index (χ1v) is 16.7. The van der Waals surface area contributed by atoms with Crippen LogP contribution in [0.1, 0.15) is 0 Å². The molecule has 0 saturated carbocycles. The monoisotopic (exact) mass is 616 g/mol. The minimum Gasteiger partial charge on any atom is -0.456 e. The van der Waals surface area contributed by atoms with Gasteiger partial charge in [0, 0.05) is 52.8 Å². The molecule has 3 aromatic heterocycles. The van der Waals surface area contributed by atoms with Gasteiger partial charge in [-0.2, -0.15) is 0 Å². The minimum atomic E-state index is 0.869. The van der Waals surface area contributed by atoms with E-state index in [9.17, 15) is 0 Å². The standard InChI is InChI=1S/C44H24O2S/c1-3-13-30-28(11-1)40(25-20-21-27-26-10-6-8-19-38(26)47-39(27)24-25)29-12-2-4-14-31(29)41(30)33-16-9-17-34-43-37(46-44(33)34)23-22-36-42(43)32-15-5-7-18-35(32)45-36/h1-24H. The van der Waals surface area contributed by atoms with E-state index in [1.54, 1.807) is 0 Å². The summed E-state index contributed by atoms with van der Waals surface area (Å²) in [4.78, 5) is 0. The van der Waals surface area contributed by atoms with Crippen molar-refractivity contribution in [3.8, 4) is 22.3 Å². The van der Waals surface area contributed by atoms with Crippen LogP contribution in [0.4, 0.5) is 0 Å². The molecule has 0 unspecified atom stereocenters. The molecule has 0 fully saturated rings. The van der Waals surface area contributed by atoms with Crippen molar-refractivity contribution in [2.45, 2.75) is 0 Å². The van der Waals surface area contributed by atoms with Crippen LogP contribution in [0.5, 0.6) is 0 Å². The van der Waals surface area contributed by atoms with E-state index in [2.05, 4.69) is 121 Å². The summed E-state index contributed by atoms with van der Waals surface area (Å²) < 4.78 is 15.7. The van der Waals surface area contributed by atoms with Crippen LogP contribution in [0, 0.1) is 0 Å². The maximum atomic E-state index is 6.81. The van der Waals surface area contributed by atoms with E-state index in [4.69, 9.17) is 8.83 Å². The highest BCUT2D eigenvalue weighted by atomic mass is 32.1. The number of furan rings is 2. The number of para-hydroxylation sites is 2. The van der Waals surface area contributed by atoms with Gasteiger partial charge in [-0.1, -0.05) is 115 Å². The fourth-order valence-corrected chi connectivity index (χ4v) is 9.06. The predicted octanol–water partition coefficient (Wildman–Crippen LogP) is 13.5. The molecule has 8 aromatic carbocycles. The van der Waals surface area contributed by atoms with Gasteiger partial charge in [-0.3, -0.25) is 0 Å². The third-order valence-corrected chi connectivity index (χ3v) is 11.0. The van der Waals surface area contributed by atoms with Crippen molar-refractivity contribution in [1.29, 1.82) is 0 Å². The van der Waals surface area contributed by atoms with Gasteiger partial charge in [-0.15, -0.1) is 11.3 Å². The zero-order valence-corrected chi connectivity index (χ0v) is 25.9. The molecule has 11 rings (SSSR count). The minimum absolute atomic E-state index is 0.869. The van der Waals surface area contributed by atoms with E-state index in [0.29, 0.717) is 0 Å². The van der Waals surface area contributed by atoms with E-state index >= 15 is 0 Å². The lowest BCUT2D eigenvalue weighted by molar-refractivity contribution is 0.663. The van der Waals surface area contributed by atoms with Crippen molar-refractivity contribution in [2.75, 3.05) is 0 Å². The van der Waals surface area contributed by atoms with Crippen LogP contribution in [0.3, 0.4) is 0 Å². The smallest absolute Gasteiger partial charge is 0.143 e. The van der Waals surface area contributed by atoms with Gasteiger partial charge in [0.1, 0.15) is 22.3 Å². The van der Waals surface area contributed by atoms with E-state index in [1.807, 2.05) is 35.6 Å². The Hall–Kier alpha value is -5.90. The maximum Gasteiger partial charge on any atom is 0.143 e. The number of thiophene rings is 1. The first kappa shape index (κ1) is 25.3. The second kappa shape index (κ2) is 9.32. The van der Waals surface area contributed by atoms with Crippen molar-refractivity contribution in [3.63, 3.8) is 0 Å². The molecule has 0 amide bonds. The van der Waals surface area contributed by atoms with Gasteiger partial charge in [0.05, 0.1) is 0 Å². The Morgan fingerprint density at radius 3 is 1.70 bits per heavy atom. The summed E-state index contributed by atoms with van der Waals surface area (Å²) in [5.74, 6) is 0. The highest BCUT2D eigenvalue weighted by Crippen LogP contribution is 2.48. The Bertz CT molecular complexity index is 3020. The van der Waals surface area contributed by atoms with E-state index in [0.717, 1.165) is 49.4 Å². The Balaban J connectivity index is 1.24. The number of hydrogen-bond donors (Lipinski definition) is 0. The van der Waals surface area contributed by atoms with E-state index < -0.39 is 0 Å². The Morgan fingerprint density at radius 2 is 0.936 bits per heavy atom. The molecule has 0 saturated heterocycles. The second-order valence-corrected chi connectivity index (χ2v) is 13.4. The highest BCUT2D eigenvalue weighted by molar-refractivity contribution is 7.25. The summed E-state index contributed by atoms with van der Waals surface area (Å²) >= 11 is 1.87. The molecule has 0 aliphatic rings. The van der Waals surface area contributed by atoms with Gasteiger partial charge >= 0.3 is 0 Å². The number of fused-ring (bicyclic) bond motifs is 12. The van der Waals surface area contributed by atoms with Gasteiger partial charge in [-0.25, -0.2) is 0 Å². The van der Waals surface area contributed by atoms with Crippen LogP contribution in [0.25, 0.3) is 108 Å². The first-order valence-electron chi connectivity index (χ1n) is 15.9. The van der Waals surface area contributed by atoms with Crippen LogP contribution in [-0.4, -0.2) is 0 Å². The predicted molar refractivity (Wildman–Crippen MR) is 200 cm³/mol. The Kier molecular flexibility index (Phi) is 5.02. The number of hydrogen-bond acceptors (Lipinski definition) is 3. The third kappa shape index (κ3) is 3.44. The van der Waals surface area contributed by atoms with Gasteiger partial charge in [-0.05, 0) is 63.0 Å². The lowest BCUT2D eigenvalue weighted by Gasteiger charge is -2.18. The second-order valence-electron chi connectivity index (χ2n) is 12.3. The largest absolute Gasteiger partial charge is 0.456 e. The summed E-state index contributed by atoms with van der Waals surface area (Å²) in [5.41, 5.74) is 8.33. The topological polar surface area (TPSA) is 26.3 Å². The van der Waals surface area contributed by atoms with Crippen molar-refractivity contribution < 1.29 is 8.83 Å². The fraction of sp³-hybridized carbons (Fsp3) is 0. The SMILES string of the molecule is c1ccc2c(c1)oc1ccc3oc4c(-c5c6ccccc6c(-c6ccc7c(c6)sc6ccccc67)c6ccccc56)cccc4c3c12. The molecule has 0 aliphatic carbocycles. The van der Waals surface area contributed by atoms with Crippen LogP contribution in [0.2, 0.25) is 0 Å². The molecule has 0 N–H and O–H groups in total. The van der Waals surface area contributed by atoms with Crippen LogP contribution in [-0.2, 0) is 0 Å². The number of benzene rings is 8. The fourth-order valence-electron chi connectivity index (χ4n) is 7.91. The van der Waals surface area contributed by atoms with Crippen molar-refractivity contribution in [3.05, 3.63) is 146 Å². The van der Waals surface area contributed by atoms with Crippen molar-refractivity contribution in [2.24, 2.45) is 0 Å². The lowest BCUT2D eigenvalue weighted by atomic mass is 9.85. The molecule has 47 heavy (non-hydrogen) atoms. The quantitative estimate of drug-likeness (QED) is 0.181. The zero-order chi connectivity index (χ0) is 30.6. The van der Waals surface area contributed by atoms with Crippen LogP contribution < -0.4 is 0 Å². The maximum absolute atomic E-state index is 6.81. The van der Waals surface area contributed by atoms with Crippen LogP contribution >= 0.6 is 11.3 Å². The van der Waals surface area contributed by atoms with Gasteiger partial charge in [0.25, 0.3) is 0 Å². The average Bonchev–Trinajstić information content (AvgIpc) is 3.81.